The van der Waals surface area contributed by atoms with E-state index in [1.807, 2.05) is 59.3 Å². The van der Waals surface area contributed by atoms with Crippen LogP contribution in [0.5, 0.6) is 0 Å². The monoisotopic (exact) mass is 355 g/mol. The predicted molar refractivity (Wildman–Crippen MR) is 105 cm³/mol. The molecule has 0 aliphatic heterocycles. The Hall–Kier alpha value is -3.93. The fraction of sp³-hybridized carbons (Fsp3) is 0. The predicted octanol–water partition coefficient (Wildman–Crippen LogP) is 4.26. The average molecular weight is 355 g/mol. The zero-order valence-corrected chi connectivity index (χ0v) is 14.4. The highest BCUT2D eigenvalue weighted by Gasteiger charge is 2.06. The number of imidazole rings is 1. The molecule has 4 rings (SSSR count). The first kappa shape index (κ1) is 16.5. The van der Waals surface area contributed by atoms with Crippen LogP contribution in [0.2, 0.25) is 0 Å². The van der Waals surface area contributed by atoms with E-state index < -0.39 is 0 Å². The van der Waals surface area contributed by atoms with Gasteiger partial charge in [0.05, 0.1) is 18.2 Å². The number of benzene rings is 2. The first-order valence-electron chi connectivity index (χ1n) is 8.45. The minimum absolute atomic E-state index is 0.154. The van der Waals surface area contributed by atoms with Crippen molar-refractivity contribution in [2.24, 2.45) is 0 Å². The molecule has 2 aromatic heterocycles. The molecule has 4 aromatic rings. The summed E-state index contributed by atoms with van der Waals surface area (Å²) in [6.07, 6.45) is 8.79. The quantitative estimate of drug-likeness (QED) is 0.561. The molecule has 0 bridgehead atoms. The van der Waals surface area contributed by atoms with E-state index in [0.29, 0.717) is 5.56 Å². The van der Waals surface area contributed by atoms with Gasteiger partial charge in [-0.2, -0.15) is 0 Å². The fourth-order valence-corrected chi connectivity index (χ4v) is 2.64. The van der Waals surface area contributed by atoms with Crippen LogP contribution in [0.3, 0.4) is 0 Å². The molecule has 6 nitrogen and oxygen atoms in total. The summed E-state index contributed by atoms with van der Waals surface area (Å²) in [4.78, 5) is 20.5. The summed E-state index contributed by atoms with van der Waals surface area (Å²) in [5.41, 5.74) is 4.10. The van der Waals surface area contributed by atoms with Crippen molar-refractivity contribution in [1.29, 1.82) is 0 Å². The van der Waals surface area contributed by atoms with Gasteiger partial charge in [-0.3, -0.25) is 9.78 Å². The minimum Gasteiger partial charge on any atom is -0.354 e. The van der Waals surface area contributed by atoms with Crippen LogP contribution in [0.25, 0.3) is 5.69 Å². The maximum Gasteiger partial charge on any atom is 0.255 e. The summed E-state index contributed by atoms with van der Waals surface area (Å²) in [6, 6.07) is 18.7. The van der Waals surface area contributed by atoms with Crippen LogP contribution in [0.15, 0.2) is 91.8 Å². The van der Waals surface area contributed by atoms with Crippen molar-refractivity contribution in [2.75, 3.05) is 10.6 Å². The van der Waals surface area contributed by atoms with Gasteiger partial charge in [0.25, 0.3) is 5.91 Å². The largest absolute Gasteiger partial charge is 0.354 e. The van der Waals surface area contributed by atoms with Crippen LogP contribution in [0.1, 0.15) is 10.4 Å². The number of pyridine rings is 1. The Morgan fingerprint density at radius 2 is 1.59 bits per heavy atom. The van der Waals surface area contributed by atoms with Crippen molar-refractivity contribution in [3.8, 4) is 5.69 Å². The van der Waals surface area contributed by atoms with Gasteiger partial charge < -0.3 is 15.2 Å². The standard InChI is InChI=1S/C21H17N5O/c27-21(25-18-7-9-20(10-8-18)26-13-12-23-15-26)16-3-5-17(6-4-16)24-19-2-1-11-22-14-19/h1-15,24H,(H,25,27). The van der Waals surface area contributed by atoms with E-state index in [4.69, 9.17) is 0 Å². The van der Waals surface area contributed by atoms with Crippen LogP contribution in [-0.2, 0) is 0 Å². The van der Waals surface area contributed by atoms with Gasteiger partial charge in [0.2, 0.25) is 0 Å². The molecule has 6 heteroatoms. The van der Waals surface area contributed by atoms with Gasteiger partial charge in [-0.15, -0.1) is 0 Å². The Labute approximate surface area is 156 Å². The van der Waals surface area contributed by atoms with E-state index in [-0.39, 0.29) is 5.91 Å². The van der Waals surface area contributed by atoms with Crippen LogP contribution >= 0.6 is 0 Å². The number of hydrogen-bond acceptors (Lipinski definition) is 4. The second-order valence-electron chi connectivity index (χ2n) is 5.92. The highest BCUT2D eigenvalue weighted by atomic mass is 16.1. The number of anilines is 3. The molecule has 0 fully saturated rings. The van der Waals surface area contributed by atoms with E-state index in [2.05, 4.69) is 20.6 Å². The van der Waals surface area contributed by atoms with Gasteiger partial charge in [0.1, 0.15) is 0 Å². The van der Waals surface area contributed by atoms with Crippen molar-refractivity contribution in [2.45, 2.75) is 0 Å². The molecule has 2 aromatic carbocycles. The van der Waals surface area contributed by atoms with Crippen LogP contribution < -0.4 is 10.6 Å². The molecule has 0 atom stereocenters. The molecule has 0 saturated carbocycles. The van der Waals surface area contributed by atoms with E-state index in [9.17, 15) is 4.79 Å². The molecule has 27 heavy (non-hydrogen) atoms. The van der Waals surface area contributed by atoms with Crippen LogP contribution in [0, 0.1) is 0 Å². The molecule has 0 aliphatic rings. The van der Waals surface area contributed by atoms with Gasteiger partial charge in [-0.05, 0) is 60.7 Å². The Bertz CT molecular complexity index is 1010. The molecular formula is C21H17N5O. The highest BCUT2D eigenvalue weighted by molar-refractivity contribution is 6.04. The van der Waals surface area contributed by atoms with Crippen molar-refractivity contribution in [3.63, 3.8) is 0 Å². The third-order valence-electron chi connectivity index (χ3n) is 4.03. The van der Waals surface area contributed by atoms with Crippen LogP contribution in [-0.4, -0.2) is 20.4 Å². The summed E-state index contributed by atoms with van der Waals surface area (Å²) in [6.45, 7) is 0. The Morgan fingerprint density at radius 1 is 0.815 bits per heavy atom. The molecule has 132 valence electrons. The lowest BCUT2D eigenvalue weighted by atomic mass is 10.2. The van der Waals surface area contributed by atoms with Gasteiger partial charge in [0, 0.05) is 41.2 Å². The molecule has 1 amide bonds. The number of amides is 1. The normalized spacial score (nSPS) is 10.4. The van der Waals surface area contributed by atoms with E-state index >= 15 is 0 Å². The number of aromatic nitrogens is 3. The number of rotatable bonds is 5. The fourth-order valence-electron chi connectivity index (χ4n) is 2.64. The summed E-state index contributed by atoms with van der Waals surface area (Å²) >= 11 is 0. The number of hydrogen-bond donors (Lipinski definition) is 2. The van der Waals surface area contributed by atoms with Crippen molar-refractivity contribution < 1.29 is 4.79 Å². The van der Waals surface area contributed by atoms with Crippen molar-refractivity contribution in [3.05, 3.63) is 97.3 Å². The minimum atomic E-state index is -0.154. The first-order chi connectivity index (χ1) is 13.3. The Kier molecular flexibility index (Phi) is 4.61. The zero-order chi connectivity index (χ0) is 18.5. The van der Waals surface area contributed by atoms with Crippen LogP contribution in [0.4, 0.5) is 17.1 Å². The smallest absolute Gasteiger partial charge is 0.255 e. The van der Waals surface area contributed by atoms with E-state index in [1.165, 1.54) is 0 Å². The number of nitrogens with one attached hydrogen (secondary N) is 2. The molecule has 0 aliphatic carbocycles. The van der Waals surface area contributed by atoms with Gasteiger partial charge in [0.15, 0.2) is 0 Å². The SMILES string of the molecule is O=C(Nc1ccc(-n2ccnc2)cc1)c1ccc(Nc2cccnc2)cc1. The van der Waals surface area contributed by atoms with E-state index in [1.54, 1.807) is 37.1 Å². The lowest BCUT2D eigenvalue weighted by Gasteiger charge is -2.09. The molecule has 2 heterocycles. The summed E-state index contributed by atoms with van der Waals surface area (Å²) < 4.78 is 1.90. The third kappa shape index (κ3) is 4.01. The highest BCUT2D eigenvalue weighted by Crippen LogP contribution is 2.18. The summed E-state index contributed by atoms with van der Waals surface area (Å²) in [7, 11) is 0. The zero-order valence-electron chi connectivity index (χ0n) is 14.4. The molecule has 2 N–H and O–H groups in total. The average Bonchev–Trinajstić information content (AvgIpc) is 3.25. The molecule has 0 radical (unpaired) electrons. The molecule has 0 unspecified atom stereocenters. The summed E-state index contributed by atoms with van der Waals surface area (Å²) in [5.74, 6) is -0.154. The third-order valence-corrected chi connectivity index (χ3v) is 4.03. The lowest BCUT2D eigenvalue weighted by molar-refractivity contribution is 0.102. The van der Waals surface area contributed by atoms with Gasteiger partial charge in [-0.25, -0.2) is 4.98 Å². The first-order valence-corrected chi connectivity index (χ1v) is 8.45. The van der Waals surface area contributed by atoms with E-state index in [0.717, 1.165) is 22.7 Å². The van der Waals surface area contributed by atoms with Gasteiger partial charge >= 0.3 is 0 Å². The number of carbonyl (C=O) groups excluding carboxylic acids is 1. The maximum absolute atomic E-state index is 12.4. The molecule has 0 spiro atoms. The second-order valence-corrected chi connectivity index (χ2v) is 5.92. The molecule has 0 saturated heterocycles. The summed E-state index contributed by atoms with van der Waals surface area (Å²) in [5, 5.41) is 6.14. The Morgan fingerprint density at radius 3 is 2.26 bits per heavy atom. The van der Waals surface area contributed by atoms with Crippen molar-refractivity contribution >= 4 is 23.0 Å². The topological polar surface area (TPSA) is 71.8 Å². The van der Waals surface area contributed by atoms with Gasteiger partial charge in [-0.1, -0.05) is 0 Å². The number of carbonyl (C=O) groups is 1. The molecular weight excluding hydrogens is 338 g/mol. The number of nitrogens with zero attached hydrogens (tertiary/aromatic N) is 3. The Balaban J connectivity index is 1.40. The maximum atomic E-state index is 12.4. The van der Waals surface area contributed by atoms with Crippen molar-refractivity contribution in [1.82, 2.24) is 14.5 Å². The second kappa shape index (κ2) is 7.53. The lowest BCUT2D eigenvalue weighted by Crippen LogP contribution is -2.11.